The van der Waals surface area contributed by atoms with Crippen LogP contribution >= 0.6 is 11.3 Å². The molecule has 8 heteroatoms. The summed E-state index contributed by atoms with van der Waals surface area (Å²) in [5.74, 6) is 0.351. The molecule has 0 radical (unpaired) electrons. The fourth-order valence-corrected chi connectivity index (χ4v) is 5.22. The predicted molar refractivity (Wildman–Crippen MR) is 105 cm³/mol. The number of ether oxygens (including phenoxy) is 1. The van der Waals surface area contributed by atoms with Crippen molar-refractivity contribution in [2.24, 2.45) is 0 Å². The minimum absolute atomic E-state index is 0.173. The van der Waals surface area contributed by atoms with Crippen LogP contribution in [0.15, 0.2) is 28.5 Å². The zero-order valence-electron chi connectivity index (χ0n) is 15.2. The largest absolute Gasteiger partial charge is 0.495 e. The number of anilines is 1. The lowest BCUT2D eigenvalue weighted by molar-refractivity contribution is 0.402. The molecule has 2 heterocycles. The van der Waals surface area contributed by atoms with E-state index in [1.807, 2.05) is 18.4 Å². The molecule has 0 aliphatic carbocycles. The number of piperidine rings is 1. The van der Waals surface area contributed by atoms with Gasteiger partial charge >= 0.3 is 0 Å². The van der Waals surface area contributed by atoms with Crippen molar-refractivity contribution in [2.75, 3.05) is 31.6 Å². The number of aromatic nitrogens is 1. The number of aryl methyl sites for hydroxylation is 1. The summed E-state index contributed by atoms with van der Waals surface area (Å²) in [6.07, 6.45) is 4.29. The van der Waals surface area contributed by atoms with E-state index in [-0.39, 0.29) is 4.90 Å². The zero-order chi connectivity index (χ0) is 18.6. The molecule has 1 aliphatic rings. The van der Waals surface area contributed by atoms with Crippen LogP contribution in [-0.2, 0) is 16.4 Å². The number of sulfonamides is 1. The third kappa shape index (κ3) is 4.55. The van der Waals surface area contributed by atoms with Crippen molar-refractivity contribution in [3.05, 3.63) is 34.8 Å². The van der Waals surface area contributed by atoms with Crippen LogP contribution in [0, 0.1) is 6.92 Å². The highest BCUT2D eigenvalue weighted by Gasteiger charge is 2.20. The Hall–Kier alpha value is -1.64. The first-order valence-electron chi connectivity index (χ1n) is 8.83. The molecule has 6 nitrogen and oxygen atoms in total. The molecule has 1 fully saturated rings. The normalized spacial score (nSPS) is 15.2. The van der Waals surface area contributed by atoms with Crippen molar-refractivity contribution in [3.8, 4) is 5.75 Å². The SMILES string of the molecule is COc1ccc(C)cc1S(=O)(=O)NCCc1csc(N2CCCCC2)n1. The van der Waals surface area contributed by atoms with Gasteiger partial charge in [0.2, 0.25) is 10.0 Å². The van der Waals surface area contributed by atoms with Crippen LogP contribution in [0.2, 0.25) is 0 Å². The maximum absolute atomic E-state index is 12.6. The summed E-state index contributed by atoms with van der Waals surface area (Å²) < 4.78 is 33.0. The Kier molecular flexibility index (Phi) is 6.16. The Bertz CT molecular complexity index is 843. The number of hydrogen-bond donors (Lipinski definition) is 1. The molecule has 1 aromatic heterocycles. The lowest BCUT2D eigenvalue weighted by Gasteiger charge is -2.25. The molecule has 0 amide bonds. The van der Waals surface area contributed by atoms with E-state index in [2.05, 4.69) is 14.6 Å². The van der Waals surface area contributed by atoms with Crippen molar-refractivity contribution in [2.45, 2.75) is 37.5 Å². The van der Waals surface area contributed by atoms with Gasteiger partial charge in [-0.1, -0.05) is 6.07 Å². The Labute approximate surface area is 159 Å². The maximum atomic E-state index is 12.6. The first kappa shape index (κ1) is 19.1. The highest BCUT2D eigenvalue weighted by Crippen LogP contribution is 2.25. The second kappa shape index (κ2) is 8.37. The van der Waals surface area contributed by atoms with Gasteiger partial charge < -0.3 is 9.64 Å². The minimum Gasteiger partial charge on any atom is -0.495 e. The van der Waals surface area contributed by atoms with Crippen LogP contribution in [0.3, 0.4) is 0 Å². The van der Waals surface area contributed by atoms with Gasteiger partial charge in [-0.2, -0.15) is 0 Å². The Balaban J connectivity index is 1.61. The molecule has 142 valence electrons. The third-order valence-corrected chi connectivity index (χ3v) is 6.88. The quantitative estimate of drug-likeness (QED) is 0.780. The maximum Gasteiger partial charge on any atom is 0.244 e. The fraction of sp³-hybridized carbons (Fsp3) is 0.500. The van der Waals surface area contributed by atoms with Crippen LogP contribution in [0.1, 0.15) is 30.5 Å². The molecule has 0 saturated carbocycles. The highest BCUT2D eigenvalue weighted by atomic mass is 32.2. The third-order valence-electron chi connectivity index (χ3n) is 4.45. The van der Waals surface area contributed by atoms with Crippen LogP contribution < -0.4 is 14.4 Å². The minimum atomic E-state index is -3.62. The number of rotatable bonds is 7. The molecule has 0 atom stereocenters. The summed E-state index contributed by atoms with van der Waals surface area (Å²) in [4.78, 5) is 7.15. The van der Waals surface area contributed by atoms with E-state index < -0.39 is 10.0 Å². The summed E-state index contributed by atoms with van der Waals surface area (Å²) in [5, 5.41) is 3.06. The van der Waals surface area contributed by atoms with E-state index in [1.165, 1.54) is 26.4 Å². The van der Waals surface area contributed by atoms with Gasteiger partial charge in [-0.05, 0) is 43.9 Å². The van der Waals surface area contributed by atoms with Gasteiger partial charge in [0.05, 0.1) is 12.8 Å². The molecule has 1 N–H and O–H groups in total. The van der Waals surface area contributed by atoms with Gasteiger partial charge in [-0.15, -0.1) is 11.3 Å². The van der Waals surface area contributed by atoms with Crippen LogP contribution in [0.5, 0.6) is 5.75 Å². The summed E-state index contributed by atoms with van der Waals surface area (Å²) >= 11 is 1.64. The summed E-state index contributed by atoms with van der Waals surface area (Å²) in [7, 11) is -2.15. The van der Waals surface area contributed by atoms with Crippen LogP contribution in [0.4, 0.5) is 5.13 Å². The summed E-state index contributed by atoms with van der Waals surface area (Å²) in [6.45, 7) is 4.29. The second-order valence-electron chi connectivity index (χ2n) is 6.47. The van der Waals surface area contributed by atoms with E-state index in [0.717, 1.165) is 29.5 Å². The molecule has 2 aromatic rings. The first-order valence-corrected chi connectivity index (χ1v) is 11.2. The van der Waals surface area contributed by atoms with Crippen LogP contribution in [-0.4, -0.2) is 40.1 Å². The molecule has 0 unspecified atom stereocenters. The predicted octanol–water partition coefficient (Wildman–Crippen LogP) is 2.97. The first-order chi connectivity index (χ1) is 12.5. The van der Waals surface area contributed by atoms with Crippen molar-refractivity contribution in [3.63, 3.8) is 0 Å². The van der Waals surface area contributed by atoms with Gasteiger partial charge in [0.25, 0.3) is 0 Å². The van der Waals surface area contributed by atoms with Crippen molar-refractivity contribution >= 4 is 26.5 Å². The number of benzene rings is 1. The molecule has 1 aromatic carbocycles. The summed E-state index contributed by atoms with van der Waals surface area (Å²) in [5.41, 5.74) is 1.80. The average Bonchev–Trinajstić information content (AvgIpc) is 3.11. The standard InChI is InChI=1S/C18H25N3O3S2/c1-14-6-7-16(24-2)17(12-14)26(22,23)19-9-8-15-13-25-18(20-15)21-10-4-3-5-11-21/h6-7,12-13,19H,3-5,8-11H2,1-2H3. The van der Waals surface area contributed by atoms with E-state index in [0.29, 0.717) is 18.7 Å². The molecular weight excluding hydrogens is 370 g/mol. The van der Waals surface area contributed by atoms with Gasteiger partial charge in [0.1, 0.15) is 10.6 Å². The van der Waals surface area contributed by atoms with Crippen molar-refractivity contribution in [1.82, 2.24) is 9.71 Å². The van der Waals surface area contributed by atoms with Crippen LogP contribution in [0.25, 0.3) is 0 Å². The monoisotopic (exact) mass is 395 g/mol. The van der Waals surface area contributed by atoms with E-state index in [1.54, 1.807) is 23.5 Å². The summed E-state index contributed by atoms with van der Waals surface area (Å²) in [6, 6.07) is 5.13. The number of methoxy groups -OCH3 is 1. The molecule has 3 rings (SSSR count). The van der Waals surface area contributed by atoms with Gasteiger partial charge in [-0.25, -0.2) is 18.1 Å². The zero-order valence-corrected chi connectivity index (χ0v) is 16.8. The smallest absolute Gasteiger partial charge is 0.244 e. The van der Waals surface area contributed by atoms with Crippen molar-refractivity contribution in [1.29, 1.82) is 0 Å². The Morgan fingerprint density at radius 1 is 1.27 bits per heavy atom. The molecule has 0 spiro atoms. The molecular formula is C18H25N3O3S2. The molecule has 0 bridgehead atoms. The van der Waals surface area contributed by atoms with E-state index in [9.17, 15) is 8.42 Å². The van der Waals surface area contributed by atoms with E-state index in [4.69, 9.17) is 4.74 Å². The van der Waals surface area contributed by atoms with Crippen molar-refractivity contribution < 1.29 is 13.2 Å². The lowest BCUT2D eigenvalue weighted by atomic mass is 10.1. The van der Waals surface area contributed by atoms with Gasteiger partial charge in [0, 0.05) is 31.4 Å². The Morgan fingerprint density at radius 3 is 2.77 bits per heavy atom. The molecule has 26 heavy (non-hydrogen) atoms. The number of hydrogen-bond acceptors (Lipinski definition) is 6. The molecule has 1 saturated heterocycles. The number of nitrogens with zero attached hydrogens (tertiary/aromatic N) is 2. The average molecular weight is 396 g/mol. The highest BCUT2D eigenvalue weighted by molar-refractivity contribution is 7.89. The number of thiazole rings is 1. The fourth-order valence-electron chi connectivity index (χ4n) is 3.03. The Morgan fingerprint density at radius 2 is 2.04 bits per heavy atom. The second-order valence-corrected chi connectivity index (χ2v) is 9.04. The van der Waals surface area contributed by atoms with Gasteiger partial charge in [0.15, 0.2) is 5.13 Å². The molecule has 1 aliphatic heterocycles. The lowest BCUT2D eigenvalue weighted by Crippen LogP contribution is -2.29. The number of nitrogens with one attached hydrogen (secondary N) is 1. The topological polar surface area (TPSA) is 71.5 Å². The van der Waals surface area contributed by atoms with Gasteiger partial charge in [-0.3, -0.25) is 0 Å². The van der Waals surface area contributed by atoms with E-state index >= 15 is 0 Å².